The summed E-state index contributed by atoms with van der Waals surface area (Å²) < 4.78 is 0. The van der Waals surface area contributed by atoms with Crippen LogP contribution in [-0.4, -0.2) is 30.3 Å². The minimum Gasteiger partial charge on any atom is -0.336 e. The highest BCUT2D eigenvalue weighted by atomic mass is 35.5. The van der Waals surface area contributed by atoms with Crippen LogP contribution in [0.15, 0.2) is 48.5 Å². The van der Waals surface area contributed by atoms with Crippen LogP contribution in [0.3, 0.4) is 0 Å². The number of rotatable bonds is 6. The highest BCUT2D eigenvalue weighted by molar-refractivity contribution is 6.30. The number of aryl methyl sites for hydroxylation is 2. The SMILES string of the molecule is Cc1ccc(NC(=O)CN(C)C(=O)CCc2ccc(Cl)cc2)cc1. The van der Waals surface area contributed by atoms with Gasteiger partial charge in [0.05, 0.1) is 6.54 Å². The van der Waals surface area contributed by atoms with Crippen LogP contribution in [-0.2, 0) is 16.0 Å². The minimum atomic E-state index is -0.207. The Bertz CT molecular complexity index is 696. The van der Waals surface area contributed by atoms with E-state index in [0.717, 1.165) is 16.8 Å². The minimum absolute atomic E-state index is 0.0350. The van der Waals surface area contributed by atoms with Crippen LogP contribution >= 0.6 is 11.6 Å². The van der Waals surface area contributed by atoms with Gasteiger partial charge in [0.15, 0.2) is 0 Å². The molecule has 0 atom stereocenters. The van der Waals surface area contributed by atoms with Gasteiger partial charge in [0.25, 0.3) is 0 Å². The fourth-order valence-electron chi connectivity index (χ4n) is 2.23. The van der Waals surface area contributed by atoms with Gasteiger partial charge >= 0.3 is 0 Å². The van der Waals surface area contributed by atoms with E-state index >= 15 is 0 Å². The summed E-state index contributed by atoms with van der Waals surface area (Å²) in [6, 6.07) is 15.0. The highest BCUT2D eigenvalue weighted by Crippen LogP contribution is 2.12. The molecule has 0 unspecified atom stereocenters. The molecular formula is C19H21ClN2O2. The Kier molecular flexibility index (Phi) is 6.38. The maximum Gasteiger partial charge on any atom is 0.243 e. The zero-order chi connectivity index (χ0) is 17.5. The van der Waals surface area contributed by atoms with Crippen LogP contribution in [0.4, 0.5) is 5.69 Å². The molecule has 0 bridgehead atoms. The average Bonchev–Trinajstić information content (AvgIpc) is 2.56. The molecule has 0 aliphatic carbocycles. The van der Waals surface area contributed by atoms with Gasteiger partial charge in [-0.15, -0.1) is 0 Å². The van der Waals surface area contributed by atoms with Gasteiger partial charge in [-0.25, -0.2) is 0 Å². The van der Waals surface area contributed by atoms with Gasteiger partial charge in [-0.3, -0.25) is 9.59 Å². The number of nitrogens with one attached hydrogen (secondary N) is 1. The summed E-state index contributed by atoms with van der Waals surface area (Å²) in [5, 5.41) is 3.46. The lowest BCUT2D eigenvalue weighted by atomic mass is 10.1. The van der Waals surface area contributed by atoms with Gasteiger partial charge in [0.2, 0.25) is 11.8 Å². The summed E-state index contributed by atoms with van der Waals surface area (Å²) in [7, 11) is 1.64. The Labute approximate surface area is 147 Å². The zero-order valence-corrected chi connectivity index (χ0v) is 14.6. The summed E-state index contributed by atoms with van der Waals surface area (Å²) >= 11 is 5.84. The molecule has 0 aliphatic rings. The fourth-order valence-corrected chi connectivity index (χ4v) is 2.36. The van der Waals surface area contributed by atoms with Gasteiger partial charge in [0, 0.05) is 24.2 Å². The molecule has 0 aliphatic heterocycles. The number of benzene rings is 2. The maximum atomic E-state index is 12.1. The maximum absolute atomic E-state index is 12.1. The molecule has 0 radical (unpaired) electrons. The second-order valence-corrected chi connectivity index (χ2v) is 6.23. The molecule has 0 fully saturated rings. The Balaban J connectivity index is 1.78. The van der Waals surface area contributed by atoms with Crippen molar-refractivity contribution < 1.29 is 9.59 Å². The first kappa shape index (κ1) is 18.0. The van der Waals surface area contributed by atoms with Crippen LogP contribution in [0, 0.1) is 6.92 Å². The van der Waals surface area contributed by atoms with E-state index in [2.05, 4.69) is 5.32 Å². The van der Waals surface area contributed by atoms with Crippen molar-refractivity contribution in [3.63, 3.8) is 0 Å². The van der Waals surface area contributed by atoms with E-state index in [1.807, 2.05) is 43.3 Å². The quantitative estimate of drug-likeness (QED) is 0.869. The largest absolute Gasteiger partial charge is 0.336 e. The molecule has 0 spiro atoms. The average molecular weight is 345 g/mol. The number of hydrogen-bond acceptors (Lipinski definition) is 2. The number of nitrogens with zero attached hydrogens (tertiary/aromatic N) is 1. The zero-order valence-electron chi connectivity index (χ0n) is 13.9. The molecule has 0 aromatic heterocycles. The standard InChI is InChI=1S/C19H21ClN2O2/c1-14-3-10-17(11-4-14)21-18(23)13-22(2)19(24)12-7-15-5-8-16(20)9-6-15/h3-6,8-11H,7,12-13H2,1-2H3,(H,21,23). The van der Waals surface area contributed by atoms with Crippen molar-refractivity contribution in [2.45, 2.75) is 19.8 Å². The van der Waals surface area contributed by atoms with Gasteiger partial charge in [0.1, 0.15) is 0 Å². The second-order valence-electron chi connectivity index (χ2n) is 5.79. The van der Waals surface area contributed by atoms with E-state index in [-0.39, 0.29) is 18.4 Å². The third kappa shape index (κ3) is 5.70. The van der Waals surface area contributed by atoms with Gasteiger partial charge in [-0.1, -0.05) is 41.4 Å². The van der Waals surface area contributed by atoms with Crippen LogP contribution in [0.25, 0.3) is 0 Å². The van der Waals surface area contributed by atoms with Crippen LogP contribution in [0.1, 0.15) is 17.5 Å². The topological polar surface area (TPSA) is 49.4 Å². The normalized spacial score (nSPS) is 10.3. The van der Waals surface area contributed by atoms with Crippen molar-refractivity contribution in [2.75, 3.05) is 18.9 Å². The summed E-state index contributed by atoms with van der Waals surface area (Å²) in [6.45, 7) is 2.02. The van der Waals surface area contributed by atoms with Crippen molar-refractivity contribution in [1.29, 1.82) is 0 Å². The molecule has 126 valence electrons. The van der Waals surface area contributed by atoms with E-state index in [4.69, 9.17) is 11.6 Å². The molecule has 4 nitrogen and oxygen atoms in total. The van der Waals surface area contributed by atoms with Crippen LogP contribution in [0.2, 0.25) is 5.02 Å². The summed E-state index contributed by atoms with van der Waals surface area (Å²) in [5.41, 5.74) is 2.90. The molecule has 2 rings (SSSR count). The van der Waals surface area contributed by atoms with Gasteiger partial charge in [-0.2, -0.15) is 0 Å². The summed E-state index contributed by atoms with van der Waals surface area (Å²) in [4.78, 5) is 25.6. The lowest BCUT2D eigenvalue weighted by Gasteiger charge is -2.17. The summed E-state index contributed by atoms with van der Waals surface area (Å²) in [6.07, 6.45) is 0.982. The van der Waals surface area contributed by atoms with Crippen LogP contribution < -0.4 is 5.32 Å². The predicted molar refractivity (Wildman–Crippen MR) is 97.2 cm³/mol. The molecule has 2 amide bonds. The molecule has 1 N–H and O–H groups in total. The van der Waals surface area contributed by atoms with Crippen molar-refractivity contribution in [1.82, 2.24) is 4.90 Å². The lowest BCUT2D eigenvalue weighted by Crippen LogP contribution is -2.35. The number of halogens is 1. The molecule has 0 heterocycles. The molecule has 24 heavy (non-hydrogen) atoms. The Morgan fingerprint density at radius 2 is 1.67 bits per heavy atom. The van der Waals surface area contributed by atoms with Crippen molar-refractivity contribution in [2.24, 2.45) is 0 Å². The number of hydrogen-bond donors (Lipinski definition) is 1. The molecule has 0 saturated heterocycles. The third-order valence-corrected chi connectivity index (χ3v) is 3.93. The monoisotopic (exact) mass is 344 g/mol. The van der Waals surface area contributed by atoms with E-state index in [0.29, 0.717) is 17.9 Å². The third-order valence-electron chi connectivity index (χ3n) is 3.68. The molecular weight excluding hydrogens is 324 g/mol. The molecule has 2 aromatic carbocycles. The first-order chi connectivity index (χ1) is 11.4. The first-order valence-electron chi connectivity index (χ1n) is 7.79. The van der Waals surface area contributed by atoms with Crippen LogP contribution in [0.5, 0.6) is 0 Å². The van der Waals surface area contributed by atoms with Crippen molar-refractivity contribution >= 4 is 29.1 Å². The lowest BCUT2D eigenvalue weighted by molar-refractivity contribution is -0.133. The number of anilines is 1. The molecule has 0 saturated carbocycles. The van der Waals surface area contributed by atoms with E-state index < -0.39 is 0 Å². The highest BCUT2D eigenvalue weighted by Gasteiger charge is 2.13. The predicted octanol–water partition coefficient (Wildman–Crippen LogP) is 3.68. The molecule has 5 heteroatoms. The van der Waals surface area contributed by atoms with E-state index in [1.165, 1.54) is 4.90 Å². The number of likely N-dealkylation sites (N-methyl/N-ethyl adjacent to an activating group) is 1. The van der Waals surface area contributed by atoms with Gasteiger partial charge < -0.3 is 10.2 Å². The van der Waals surface area contributed by atoms with Crippen molar-refractivity contribution in [3.05, 3.63) is 64.7 Å². The Morgan fingerprint density at radius 3 is 2.29 bits per heavy atom. The van der Waals surface area contributed by atoms with Crippen molar-refractivity contribution in [3.8, 4) is 0 Å². The number of carbonyl (C=O) groups is 2. The van der Waals surface area contributed by atoms with Gasteiger partial charge in [-0.05, 0) is 43.2 Å². The number of amides is 2. The Morgan fingerprint density at radius 1 is 1.04 bits per heavy atom. The molecule has 2 aromatic rings. The Hall–Kier alpha value is -2.33. The van der Waals surface area contributed by atoms with E-state index in [1.54, 1.807) is 19.2 Å². The van der Waals surface area contributed by atoms with E-state index in [9.17, 15) is 9.59 Å². The second kappa shape index (κ2) is 8.50. The fraction of sp³-hybridized carbons (Fsp3) is 0.263. The first-order valence-corrected chi connectivity index (χ1v) is 8.17. The summed E-state index contributed by atoms with van der Waals surface area (Å²) in [5.74, 6) is -0.273. The number of carbonyl (C=O) groups excluding carboxylic acids is 2. The smallest absolute Gasteiger partial charge is 0.243 e.